The van der Waals surface area contributed by atoms with Crippen molar-refractivity contribution in [3.63, 3.8) is 0 Å². The fourth-order valence-electron chi connectivity index (χ4n) is 5.14. The monoisotopic (exact) mass is 609 g/mol. The Bertz CT molecular complexity index is 1340. The van der Waals surface area contributed by atoms with Crippen LogP contribution in [-0.4, -0.2) is 73.4 Å². The third kappa shape index (κ3) is 6.24. The molecule has 3 rings (SSSR count). The van der Waals surface area contributed by atoms with Crippen molar-refractivity contribution in [1.82, 2.24) is 9.88 Å². The lowest BCUT2D eigenvalue weighted by Gasteiger charge is -2.33. The molecule has 0 aliphatic carbocycles. The predicted molar refractivity (Wildman–Crippen MR) is 139 cm³/mol. The van der Waals surface area contributed by atoms with Crippen LogP contribution in [0.2, 0.25) is 0 Å². The van der Waals surface area contributed by atoms with Gasteiger partial charge in [0.2, 0.25) is 5.82 Å². The number of hydrogen-bond acceptors (Lipinski definition) is 4. The van der Waals surface area contributed by atoms with Crippen molar-refractivity contribution in [1.29, 1.82) is 0 Å². The van der Waals surface area contributed by atoms with E-state index < -0.39 is 52.5 Å². The van der Waals surface area contributed by atoms with E-state index in [2.05, 4.69) is 4.98 Å². The Hall–Kier alpha value is -2.70. The average molecular weight is 610 g/mol. The summed E-state index contributed by atoms with van der Waals surface area (Å²) in [5, 5.41) is 0. The first-order valence-electron chi connectivity index (χ1n) is 12.8. The molecular formula is C28H37ClF5N3O4. The van der Waals surface area contributed by atoms with Gasteiger partial charge in [-0.05, 0) is 26.8 Å². The normalized spacial score (nSPS) is 23.6. The van der Waals surface area contributed by atoms with Crippen LogP contribution in [0, 0.1) is 24.5 Å². The lowest BCUT2D eigenvalue weighted by atomic mass is 9.76. The molecule has 5 atom stereocenters. The molecule has 2 heterocycles. The van der Waals surface area contributed by atoms with Crippen LogP contribution < -0.4 is 22.6 Å². The van der Waals surface area contributed by atoms with E-state index in [0.29, 0.717) is 10.2 Å². The maximum Gasteiger partial charge on any atom is 0.417 e. The fourth-order valence-corrected chi connectivity index (χ4v) is 5.14. The maximum atomic E-state index is 14.6. The largest absolute Gasteiger partial charge is 1.00 e. The van der Waals surface area contributed by atoms with Crippen LogP contribution in [0.25, 0.3) is 0 Å². The molecule has 1 N–H and O–H groups in total. The zero-order chi connectivity index (χ0) is 30.5. The Morgan fingerprint density at radius 1 is 1.24 bits per heavy atom. The van der Waals surface area contributed by atoms with Gasteiger partial charge in [0, 0.05) is 47.5 Å². The number of nitrogens with zero attached hydrogens (tertiary/aromatic N) is 2. The summed E-state index contributed by atoms with van der Waals surface area (Å²) in [4.78, 5) is 30.6. The van der Waals surface area contributed by atoms with Crippen LogP contribution >= 0.6 is 0 Å². The number of aromatic amines is 1. The molecule has 41 heavy (non-hydrogen) atoms. The van der Waals surface area contributed by atoms with Gasteiger partial charge in [-0.2, -0.15) is 17.6 Å². The van der Waals surface area contributed by atoms with E-state index in [1.807, 2.05) is 21.1 Å². The van der Waals surface area contributed by atoms with Crippen molar-refractivity contribution < 1.29 is 53.1 Å². The number of ether oxygens (including phenoxy) is 2. The van der Waals surface area contributed by atoms with Crippen molar-refractivity contribution >= 4 is 5.91 Å². The summed E-state index contributed by atoms with van der Waals surface area (Å²) < 4.78 is 82.6. The number of hydrogen-bond donors (Lipinski definition) is 1. The Balaban J connectivity index is 0.00000588. The molecule has 1 fully saturated rings. The Morgan fingerprint density at radius 3 is 2.32 bits per heavy atom. The first kappa shape index (κ1) is 34.5. The summed E-state index contributed by atoms with van der Waals surface area (Å²) in [6.45, 7) is 5.55. The SMILES string of the molecule is COc1c([C@H]2[C@H](c3cc(=O)c(CN(C)C(=O)[C@H](C)[N+](C)(C)C)c(C)[nH]3)O[C@@](C)(C(F)(F)F)[C@H]2C)ccc(F)c1F.[Cl-]. The number of methoxy groups -OCH3 is 1. The van der Waals surface area contributed by atoms with Crippen LogP contribution in [-0.2, 0) is 16.1 Å². The van der Waals surface area contributed by atoms with Gasteiger partial charge in [0.1, 0.15) is 6.10 Å². The summed E-state index contributed by atoms with van der Waals surface area (Å²) in [6, 6.07) is 2.75. The number of pyridine rings is 1. The van der Waals surface area contributed by atoms with E-state index in [1.165, 1.54) is 17.9 Å². The van der Waals surface area contributed by atoms with Crippen molar-refractivity contribution in [2.45, 2.75) is 64.1 Å². The highest BCUT2D eigenvalue weighted by Gasteiger charge is 2.65. The minimum Gasteiger partial charge on any atom is -1.00 e. The number of aryl methyl sites for hydroxylation is 1. The number of carbonyl (C=O) groups is 1. The van der Waals surface area contributed by atoms with Gasteiger partial charge in [-0.15, -0.1) is 0 Å². The number of halogens is 6. The lowest BCUT2D eigenvalue weighted by Crippen LogP contribution is -3.00. The summed E-state index contributed by atoms with van der Waals surface area (Å²) in [6.07, 6.45) is -6.19. The molecule has 13 heteroatoms. The number of carbonyl (C=O) groups excluding carboxylic acids is 1. The minimum atomic E-state index is -4.81. The molecule has 1 aliphatic rings. The summed E-state index contributed by atoms with van der Waals surface area (Å²) in [5.41, 5.74) is -2.55. The first-order valence-corrected chi connectivity index (χ1v) is 12.8. The third-order valence-corrected chi connectivity index (χ3v) is 8.28. The second kappa shape index (κ2) is 11.9. The van der Waals surface area contributed by atoms with Crippen molar-refractivity contribution in [2.24, 2.45) is 5.92 Å². The van der Waals surface area contributed by atoms with Gasteiger partial charge in [-0.1, -0.05) is 13.0 Å². The van der Waals surface area contributed by atoms with Crippen molar-refractivity contribution in [3.8, 4) is 5.75 Å². The first-order chi connectivity index (χ1) is 18.3. The number of benzene rings is 1. The Labute approximate surface area is 242 Å². The van der Waals surface area contributed by atoms with Gasteiger partial charge in [0.05, 0.1) is 34.8 Å². The lowest BCUT2D eigenvalue weighted by molar-refractivity contribution is -0.884. The predicted octanol–water partition coefficient (Wildman–Crippen LogP) is 1.84. The summed E-state index contributed by atoms with van der Waals surface area (Å²) >= 11 is 0. The number of H-pyrrole nitrogens is 1. The highest BCUT2D eigenvalue weighted by atomic mass is 35.5. The van der Waals surface area contributed by atoms with E-state index >= 15 is 0 Å². The van der Waals surface area contributed by atoms with Gasteiger partial charge in [0.25, 0.3) is 5.91 Å². The van der Waals surface area contributed by atoms with Crippen LogP contribution in [0.15, 0.2) is 23.0 Å². The molecule has 0 radical (unpaired) electrons. The molecule has 1 aliphatic heterocycles. The zero-order valence-electron chi connectivity index (χ0n) is 24.5. The fraction of sp³-hybridized carbons (Fsp3) is 0.571. The summed E-state index contributed by atoms with van der Waals surface area (Å²) in [7, 11) is 8.29. The molecule has 2 aromatic rings. The Kier molecular flexibility index (Phi) is 10.0. The Morgan fingerprint density at radius 2 is 1.83 bits per heavy atom. The van der Waals surface area contributed by atoms with E-state index in [-0.39, 0.29) is 47.7 Å². The second-order valence-electron chi connectivity index (χ2n) is 11.6. The average Bonchev–Trinajstić information content (AvgIpc) is 3.12. The molecule has 1 aromatic heterocycles. The van der Waals surface area contributed by atoms with Crippen LogP contribution in [0.5, 0.6) is 5.75 Å². The molecule has 0 saturated carbocycles. The standard InChI is InChI=1S/C28H36F5N3O4.ClH/c1-14-22(17-10-11-19(29)23(30)24(17)39-9)25(40-27(14,4)28(31,32)33)20-12-21(37)18(15(2)34-20)13-35(5)26(38)16(3)36(6,7)8;/h10-12,14,16,22,25H,13H2,1-9H3;1H/t14-,16-,22-,25-,27+;/m0./s1. The molecule has 1 saturated heterocycles. The zero-order valence-corrected chi connectivity index (χ0v) is 25.3. The molecule has 1 aromatic carbocycles. The van der Waals surface area contributed by atoms with E-state index in [9.17, 15) is 31.5 Å². The molecule has 0 bridgehead atoms. The van der Waals surface area contributed by atoms with Gasteiger partial charge in [0.15, 0.2) is 28.6 Å². The maximum absolute atomic E-state index is 14.6. The quantitative estimate of drug-likeness (QED) is 0.384. The van der Waals surface area contributed by atoms with Crippen molar-refractivity contribution in [2.75, 3.05) is 35.3 Å². The molecule has 1 amide bonds. The third-order valence-electron chi connectivity index (χ3n) is 8.28. The highest BCUT2D eigenvalue weighted by molar-refractivity contribution is 5.80. The number of rotatable bonds is 7. The minimum absolute atomic E-state index is 0. The number of alkyl halides is 3. The highest BCUT2D eigenvalue weighted by Crippen LogP contribution is 2.59. The van der Waals surface area contributed by atoms with Gasteiger partial charge < -0.3 is 36.2 Å². The van der Waals surface area contributed by atoms with Gasteiger partial charge >= 0.3 is 6.18 Å². The molecule has 0 unspecified atom stereocenters. The van der Waals surface area contributed by atoms with E-state index in [1.54, 1.807) is 20.9 Å². The molecular weight excluding hydrogens is 573 g/mol. The van der Waals surface area contributed by atoms with Crippen LogP contribution in [0.3, 0.4) is 0 Å². The number of aromatic nitrogens is 1. The van der Waals surface area contributed by atoms with E-state index in [0.717, 1.165) is 26.2 Å². The van der Waals surface area contributed by atoms with Crippen LogP contribution in [0.4, 0.5) is 22.0 Å². The van der Waals surface area contributed by atoms with Gasteiger partial charge in [-0.25, -0.2) is 4.39 Å². The topological polar surface area (TPSA) is 71.6 Å². The van der Waals surface area contributed by atoms with Crippen LogP contribution in [0.1, 0.15) is 55.3 Å². The molecule has 7 nitrogen and oxygen atoms in total. The smallest absolute Gasteiger partial charge is 0.417 e. The molecule has 0 spiro atoms. The summed E-state index contributed by atoms with van der Waals surface area (Å²) in [5.74, 6) is -5.70. The number of amides is 1. The van der Waals surface area contributed by atoms with Crippen molar-refractivity contribution in [3.05, 3.63) is 62.6 Å². The number of nitrogens with one attached hydrogen (secondary N) is 1. The number of quaternary nitrogens is 1. The molecule has 230 valence electrons. The number of likely N-dealkylation sites (N-methyl/N-ethyl adjacent to an activating group) is 2. The van der Waals surface area contributed by atoms with Gasteiger partial charge in [-0.3, -0.25) is 9.59 Å². The van der Waals surface area contributed by atoms with E-state index in [4.69, 9.17) is 9.47 Å². The second-order valence-corrected chi connectivity index (χ2v) is 11.6.